The van der Waals surface area contributed by atoms with Crippen molar-refractivity contribution in [2.24, 2.45) is 0 Å². The Kier molecular flexibility index (Phi) is 3.11. The highest BCUT2D eigenvalue weighted by Crippen LogP contribution is 2.19. The minimum atomic E-state index is 0.474. The van der Waals surface area contributed by atoms with Crippen LogP contribution in [0.2, 0.25) is 0 Å². The highest BCUT2D eigenvalue weighted by Gasteiger charge is 2.14. The number of nitrogens with zero attached hydrogens (tertiary/aromatic N) is 1. The monoisotopic (exact) mass is 206 g/mol. The summed E-state index contributed by atoms with van der Waals surface area (Å²) < 4.78 is 5.33. The van der Waals surface area contributed by atoms with Gasteiger partial charge in [-0.05, 0) is 24.6 Å². The molecule has 2 rings (SSSR count). The van der Waals surface area contributed by atoms with Crippen LogP contribution >= 0.6 is 0 Å². The molecule has 0 aromatic heterocycles. The van der Waals surface area contributed by atoms with Gasteiger partial charge >= 0.3 is 0 Å². The van der Waals surface area contributed by atoms with Crippen molar-refractivity contribution in [1.29, 1.82) is 0 Å². The first-order valence-electron chi connectivity index (χ1n) is 5.37. The number of rotatable bonds is 3. The Bertz CT molecular complexity index is 319. The second-order valence-corrected chi connectivity index (χ2v) is 4.15. The van der Waals surface area contributed by atoms with Gasteiger partial charge in [0.05, 0.1) is 12.6 Å². The fraction of sp³-hybridized carbons (Fsp3) is 0.500. The molecule has 0 bridgehead atoms. The Morgan fingerprint density at radius 2 is 2.27 bits per heavy atom. The van der Waals surface area contributed by atoms with E-state index in [9.17, 15) is 0 Å². The summed E-state index contributed by atoms with van der Waals surface area (Å²) in [6.45, 7) is 1.71. The summed E-state index contributed by atoms with van der Waals surface area (Å²) in [7, 11) is 4.11. The lowest BCUT2D eigenvalue weighted by Crippen LogP contribution is -2.19. The Labute approximate surface area is 91.0 Å². The van der Waals surface area contributed by atoms with Crippen LogP contribution < -0.4 is 10.2 Å². The van der Waals surface area contributed by atoms with E-state index < -0.39 is 0 Å². The molecule has 82 valence electrons. The number of nitrogens with one attached hydrogen (secondary N) is 1. The maximum atomic E-state index is 5.33. The van der Waals surface area contributed by atoms with Crippen LogP contribution in [-0.2, 0) is 4.74 Å². The van der Waals surface area contributed by atoms with Gasteiger partial charge in [-0.3, -0.25) is 0 Å². The van der Waals surface area contributed by atoms with Gasteiger partial charge in [-0.1, -0.05) is 6.07 Å². The summed E-state index contributed by atoms with van der Waals surface area (Å²) in [5.74, 6) is 0. The Morgan fingerprint density at radius 1 is 1.40 bits per heavy atom. The largest absolute Gasteiger partial charge is 0.380 e. The zero-order valence-electron chi connectivity index (χ0n) is 9.36. The third kappa shape index (κ3) is 2.63. The van der Waals surface area contributed by atoms with E-state index in [0.717, 1.165) is 19.6 Å². The molecule has 1 saturated heterocycles. The lowest BCUT2D eigenvalue weighted by atomic mass is 10.2. The van der Waals surface area contributed by atoms with E-state index in [2.05, 4.69) is 48.6 Å². The van der Waals surface area contributed by atoms with E-state index in [1.165, 1.54) is 11.4 Å². The second kappa shape index (κ2) is 4.53. The third-order valence-electron chi connectivity index (χ3n) is 2.66. The first kappa shape index (κ1) is 10.3. The van der Waals surface area contributed by atoms with Crippen molar-refractivity contribution >= 4 is 11.4 Å². The van der Waals surface area contributed by atoms with E-state index in [1.54, 1.807) is 0 Å². The molecule has 1 heterocycles. The lowest BCUT2D eigenvalue weighted by Gasteiger charge is -2.16. The minimum absolute atomic E-state index is 0.474. The van der Waals surface area contributed by atoms with Crippen molar-refractivity contribution in [2.75, 3.05) is 37.5 Å². The second-order valence-electron chi connectivity index (χ2n) is 4.15. The summed E-state index contributed by atoms with van der Waals surface area (Å²) in [5, 5.41) is 3.48. The van der Waals surface area contributed by atoms with Crippen molar-refractivity contribution in [2.45, 2.75) is 12.5 Å². The van der Waals surface area contributed by atoms with Crippen LogP contribution in [0.1, 0.15) is 6.42 Å². The third-order valence-corrected chi connectivity index (χ3v) is 2.66. The Morgan fingerprint density at radius 3 is 2.93 bits per heavy atom. The van der Waals surface area contributed by atoms with E-state index in [1.807, 2.05) is 0 Å². The first-order chi connectivity index (χ1) is 7.25. The molecule has 0 radical (unpaired) electrons. The molecule has 0 saturated carbocycles. The van der Waals surface area contributed by atoms with Gasteiger partial charge in [0.15, 0.2) is 0 Å². The molecule has 1 aliphatic rings. The summed E-state index contributed by atoms with van der Waals surface area (Å²) in [5.41, 5.74) is 2.40. The summed E-state index contributed by atoms with van der Waals surface area (Å²) in [4.78, 5) is 2.11. The first-order valence-corrected chi connectivity index (χ1v) is 5.37. The zero-order chi connectivity index (χ0) is 10.7. The fourth-order valence-electron chi connectivity index (χ4n) is 1.76. The predicted octanol–water partition coefficient (Wildman–Crippen LogP) is 1.95. The zero-order valence-corrected chi connectivity index (χ0v) is 9.36. The molecule has 15 heavy (non-hydrogen) atoms. The van der Waals surface area contributed by atoms with Crippen molar-refractivity contribution in [3.63, 3.8) is 0 Å². The molecule has 0 spiro atoms. The minimum Gasteiger partial charge on any atom is -0.380 e. The molecular formula is C12H18N2O. The molecule has 1 aliphatic heterocycles. The van der Waals surface area contributed by atoms with Gasteiger partial charge in [-0.2, -0.15) is 0 Å². The number of anilines is 2. The van der Waals surface area contributed by atoms with Gasteiger partial charge < -0.3 is 15.0 Å². The molecule has 1 atom stereocenters. The van der Waals surface area contributed by atoms with Crippen molar-refractivity contribution in [1.82, 2.24) is 0 Å². The highest BCUT2D eigenvalue weighted by molar-refractivity contribution is 5.57. The van der Waals surface area contributed by atoms with Gasteiger partial charge in [0.2, 0.25) is 0 Å². The Hall–Kier alpha value is -1.22. The molecule has 0 amide bonds. The average Bonchev–Trinajstić information content (AvgIpc) is 2.71. The molecule has 1 aromatic carbocycles. The molecule has 1 unspecified atom stereocenters. The van der Waals surface area contributed by atoms with Crippen LogP contribution in [0.3, 0.4) is 0 Å². The van der Waals surface area contributed by atoms with Crippen LogP contribution in [0.25, 0.3) is 0 Å². The van der Waals surface area contributed by atoms with E-state index in [-0.39, 0.29) is 0 Å². The van der Waals surface area contributed by atoms with Gasteiger partial charge in [0.25, 0.3) is 0 Å². The molecule has 1 N–H and O–H groups in total. The normalized spacial score (nSPS) is 20.3. The van der Waals surface area contributed by atoms with Crippen molar-refractivity contribution in [3.05, 3.63) is 24.3 Å². The van der Waals surface area contributed by atoms with Gasteiger partial charge in [0.1, 0.15) is 0 Å². The smallest absolute Gasteiger partial charge is 0.0668 e. The molecule has 3 heteroatoms. The summed E-state index contributed by atoms with van der Waals surface area (Å²) in [6, 6.07) is 8.93. The quantitative estimate of drug-likeness (QED) is 0.818. The van der Waals surface area contributed by atoms with Gasteiger partial charge in [0, 0.05) is 32.1 Å². The van der Waals surface area contributed by atoms with E-state index in [0.29, 0.717) is 6.04 Å². The van der Waals surface area contributed by atoms with E-state index >= 15 is 0 Å². The Balaban J connectivity index is 2.04. The predicted molar refractivity (Wildman–Crippen MR) is 63.6 cm³/mol. The van der Waals surface area contributed by atoms with Crippen LogP contribution in [0.5, 0.6) is 0 Å². The maximum Gasteiger partial charge on any atom is 0.0668 e. The fourth-order valence-corrected chi connectivity index (χ4v) is 1.76. The standard InChI is InChI=1S/C12H18N2O/c1-14(2)12-5-3-4-10(8-12)13-11-6-7-15-9-11/h3-5,8,11,13H,6-7,9H2,1-2H3. The average molecular weight is 206 g/mol. The lowest BCUT2D eigenvalue weighted by molar-refractivity contribution is 0.195. The number of hydrogen-bond acceptors (Lipinski definition) is 3. The topological polar surface area (TPSA) is 24.5 Å². The molecular weight excluding hydrogens is 188 g/mol. The summed E-state index contributed by atoms with van der Waals surface area (Å²) >= 11 is 0. The molecule has 1 fully saturated rings. The molecule has 3 nitrogen and oxygen atoms in total. The van der Waals surface area contributed by atoms with Gasteiger partial charge in [-0.25, -0.2) is 0 Å². The highest BCUT2D eigenvalue weighted by atomic mass is 16.5. The van der Waals surface area contributed by atoms with Crippen LogP contribution in [0, 0.1) is 0 Å². The summed E-state index contributed by atoms with van der Waals surface area (Å²) in [6.07, 6.45) is 1.10. The van der Waals surface area contributed by atoms with Crippen LogP contribution in [0.4, 0.5) is 11.4 Å². The maximum absolute atomic E-state index is 5.33. The van der Waals surface area contributed by atoms with Crippen LogP contribution in [0.15, 0.2) is 24.3 Å². The number of benzene rings is 1. The van der Waals surface area contributed by atoms with Crippen molar-refractivity contribution < 1.29 is 4.74 Å². The van der Waals surface area contributed by atoms with E-state index in [4.69, 9.17) is 4.74 Å². The number of hydrogen-bond donors (Lipinski definition) is 1. The molecule has 0 aliphatic carbocycles. The van der Waals surface area contributed by atoms with Crippen LogP contribution in [-0.4, -0.2) is 33.4 Å². The number of ether oxygens (including phenoxy) is 1. The van der Waals surface area contributed by atoms with Crippen molar-refractivity contribution in [3.8, 4) is 0 Å². The van der Waals surface area contributed by atoms with Gasteiger partial charge in [-0.15, -0.1) is 0 Å². The molecule has 1 aromatic rings. The SMILES string of the molecule is CN(C)c1cccc(NC2CCOC2)c1.